The number of hydrogen-bond donors (Lipinski definition) is 0. The molecule has 1 aromatic rings. The highest BCUT2D eigenvalue weighted by molar-refractivity contribution is 6.30. The Balaban J connectivity index is 2.21. The van der Waals surface area contributed by atoms with Gasteiger partial charge in [0, 0.05) is 25.4 Å². The molecule has 20 heavy (non-hydrogen) atoms. The zero-order chi connectivity index (χ0) is 15.1. The van der Waals surface area contributed by atoms with Crippen LogP contribution in [0.3, 0.4) is 0 Å². The molecule has 1 aliphatic heterocycles. The van der Waals surface area contributed by atoms with Gasteiger partial charge < -0.3 is 4.90 Å². The van der Waals surface area contributed by atoms with Gasteiger partial charge in [-0.2, -0.15) is 13.2 Å². The molecule has 1 atom stereocenters. The Labute approximate surface area is 117 Å². The first-order valence-corrected chi connectivity index (χ1v) is 6.35. The number of aromatic nitrogens is 1. The largest absolute Gasteiger partial charge is 0.419 e. The van der Waals surface area contributed by atoms with Gasteiger partial charge in [-0.15, -0.1) is 0 Å². The molecule has 0 N–H and O–H groups in total. The fourth-order valence-corrected chi connectivity index (χ4v) is 2.36. The molecule has 112 valence electrons. The van der Waals surface area contributed by atoms with Crippen LogP contribution in [-0.2, 0) is 6.18 Å². The molecule has 0 spiro atoms. The molecule has 2 heterocycles. The Morgan fingerprint density at radius 3 is 2.50 bits per heavy atom. The van der Waals surface area contributed by atoms with E-state index in [1.165, 1.54) is 11.8 Å². The van der Waals surface area contributed by atoms with Crippen molar-refractivity contribution in [2.24, 2.45) is 5.92 Å². The minimum Gasteiger partial charge on any atom is -0.356 e. The molecule has 0 bridgehead atoms. The number of rotatable bonds is 1. The molecule has 2 nitrogen and oxygen atoms in total. The molecule has 0 amide bonds. The molecule has 0 aromatic carbocycles. The van der Waals surface area contributed by atoms with Crippen LogP contribution in [0.5, 0.6) is 0 Å². The fraction of sp³-hybridized carbons (Fsp3) is 0.583. The predicted molar refractivity (Wildman–Crippen MR) is 65.2 cm³/mol. The molecule has 1 aromatic heterocycles. The van der Waals surface area contributed by atoms with Crippen LogP contribution in [0.25, 0.3) is 0 Å². The lowest BCUT2D eigenvalue weighted by Gasteiger charge is -2.37. The SMILES string of the molecule is CC1CN(c2ccc(C(F)(F)F)c(Cl)n2)CCC1(F)F. The van der Waals surface area contributed by atoms with E-state index in [0.29, 0.717) is 0 Å². The number of anilines is 1. The number of pyridine rings is 1. The second-order valence-electron chi connectivity index (χ2n) is 4.86. The maximum Gasteiger partial charge on any atom is 0.419 e. The summed E-state index contributed by atoms with van der Waals surface area (Å²) >= 11 is 5.52. The normalized spacial score (nSPS) is 22.9. The average molecular weight is 315 g/mol. The van der Waals surface area contributed by atoms with Crippen molar-refractivity contribution >= 4 is 17.4 Å². The Kier molecular flexibility index (Phi) is 3.83. The van der Waals surface area contributed by atoms with E-state index in [1.54, 1.807) is 0 Å². The van der Waals surface area contributed by atoms with Crippen LogP contribution in [0.1, 0.15) is 18.9 Å². The molecule has 2 rings (SSSR count). The standard InChI is InChI=1S/C12H12ClF5N2/c1-7-6-20(5-4-11(7,14)15)9-3-2-8(10(13)19-9)12(16,17)18/h2-3,7H,4-6H2,1H3. The molecule has 8 heteroatoms. The Morgan fingerprint density at radius 2 is 2.00 bits per heavy atom. The summed E-state index contributed by atoms with van der Waals surface area (Å²) in [5, 5.41) is -0.667. The Bertz CT molecular complexity index is 503. The summed E-state index contributed by atoms with van der Waals surface area (Å²) < 4.78 is 64.4. The molecule has 1 aliphatic rings. The van der Waals surface area contributed by atoms with Gasteiger partial charge in [0.2, 0.25) is 0 Å². The first kappa shape index (κ1) is 15.3. The summed E-state index contributed by atoms with van der Waals surface area (Å²) in [5.74, 6) is -3.46. The second-order valence-corrected chi connectivity index (χ2v) is 5.22. The van der Waals surface area contributed by atoms with Crippen LogP contribution in [0, 0.1) is 5.92 Å². The lowest BCUT2D eigenvalue weighted by atomic mass is 9.95. The van der Waals surface area contributed by atoms with Crippen molar-refractivity contribution in [3.8, 4) is 0 Å². The van der Waals surface area contributed by atoms with Gasteiger partial charge in [-0.05, 0) is 12.1 Å². The van der Waals surface area contributed by atoms with E-state index in [-0.39, 0.29) is 25.3 Å². The van der Waals surface area contributed by atoms with Gasteiger partial charge in [0.05, 0.1) is 5.56 Å². The van der Waals surface area contributed by atoms with E-state index in [1.807, 2.05) is 0 Å². The van der Waals surface area contributed by atoms with E-state index in [9.17, 15) is 22.0 Å². The van der Waals surface area contributed by atoms with Gasteiger partial charge in [0.25, 0.3) is 5.92 Å². The van der Waals surface area contributed by atoms with Crippen molar-refractivity contribution in [2.45, 2.75) is 25.4 Å². The highest BCUT2D eigenvalue weighted by atomic mass is 35.5. The zero-order valence-electron chi connectivity index (χ0n) is 10.5. The summed E-state index contributed by atoms with van der Waals surface area (Å²) in [7, 11) is 0. The van der Waals surface area contributed by atoms with Crippen molar-refractivity contribution < 1.29 is 22.0 Å². The number of alkyl halides is 5. The maximum absolute atomic E-state index is 13.4. The van der Waals surface area contributed by atoms with Crippen LogP contribution in [0.15, 0.2) is 12.1 Å². The first-order valence-electron chi connectivity index (χ1n) is 5.98. The van der Waals surface area contributed by atoms with Gasteiger partial charge in [0.1, 0.15) is 11.0 Å². The lowest BCUT2D eigenvalue weighted by molar-refractivity contribution is -0.137. The number of nitrogens with zero attached hydrogens (tertiary/aromatic N) is 2. The summed E-state index contributed by atoms with van der Waals surface area (Å²) in [6.07, 6.45) is -4.93. The molecule has 0 saturated carbocycles. The van der Waals surface area contributed by atoms with Crippen molar-refractivity contribution in [2.75, 3.05) is 18.0 Å². The molecule has 0 radical (unpaired) electrons. The van der Waals surface area contributed by atoms with Gasteiger partial charge in [0.15, 0.2) is 0 Å². The molecular weight excluding hydrogens is 303 g/mol. The molecule has 1 unspecified atom stereocenters. The van der Waals surface area contributed by atoms with E-state index >= 15 is 0 Å². The van der Waals surface area contributed by atoms with Crippen molar-refractivity contribution in [3.05, 3.63) is 22.8 Å². The summed E-state index contributed by atoms with van der Waals surface area (Å²) in [4.78, 5) is 5.19. The van der Waals surface area contributed by atoms with Crippen molar-refractivity contribution in [1.29, 1.82) is 0 Å². The van der Waals surface area contributed by atoms with Crippen LogP contribution in [0.2, 0.25) is 5.15 Å². The highest BCUT2D eigenvalue weighted by Crippen LogP contribution is 2.37. The smallest absolute Gasteiger partial charge is 0.356 e. The van der Waals surface area contributed by atoms with Crippen molar-refractivity contribution in [3.63, 3.8) is 0 Å². The third-order valence-corrected chi connectivity index (χ3v) is 3.68. The minimum atomic E-state index is -4.58. The van der Waals surface area contributed by atoms with Crippen molar-refractivity contribution in [1.82, 2.24) is 4.98 Å². The number of piperidine rings is 1. The summed E-state index contributed by atoms with van der Waals surface area (Å²) in [6.45, 7) is 1.46. The minimum absolute atomic E-state index is 0.0295. The van der Waals surface area contributed by atoms with Gasteiger partial charge >= 0.3 is 6.18 Å². The van der Waals surface area contributed by atoms with Crippen LogP contribution >= 0.6 is 11.6 Å². The van der Waals surface area contributed by atoms with Gasteiger partial charge in [-0.25, -0.2) is 13.8 Å². The summed E-state index contributed by atoms with van der Waals surface area (Å²) in [5.41, 5.74) is -1.03. The van der Waals surface area contributed by atoms with Gasteiger partial charge in [-0.1, -0.05) is 18.5 Å². The predicted octanol–water partition coefficient (Wildman–Crippen LogP) is 4.24. The van der Waals surface area contributed by atoms with E-state index in [2.05, 4.69) is 4.98 Å². The third-order valence-electron chi connectivity index (χ3n) is 3.39. The van der Waals surface area contributed by atoms with Crippen LogP contribution < -0.4 is 4.90 Å². The quantitative estimate of drug-likeness (QED) is 0.569. The van der Waals surface area contributed by atoms with Crippen LogP contribution in [-0.4, -0.2) is 24.0 Å². The molecular formula is C12H12ClF5N2. The molecule has 0 aliphatic carbocycles. The third kappa shape index (κ3) is 2.97. The number of halogens is 6. The maximum atomic E-state index is 13.4. The first-order chi connectivity index (χ1) is 9.11. The molecule has 1 fully saturated rings. The van der Waals surface area contributed by atoms with E-state index in [4.69, 9.17) is 11.6 Å². The average Bonchev–Trinajstić information content (AvgIpc) is 2.31. The van der Waals surface area contributed by atoms with Gasteiger partial charge in [-0.3, -0.25) is 0 Å². The fourth-order valence-electron chi connectivity index (χ4n) is 2.11. The monoisotopic (exact) mass is 314 g/mol. The lowest BCUT2D eigenvalue weighted by Crippen LogP contribution is -2.46. The zero-order valence-corrected chi connectivity index (χ0v) is 11.3. The number of hydrogen-bond acceptors (Lipinski definition) is 2. The Hall–Kier alpha value is -1.11. The van der Waals surface area contributed by atoms with E-state index in [0.717, 1.165) is 12.1 Å². The molecule has 1 saturated heterocycles. The summed E-state index contributed by atoms with van der Waals surface area (Å²) in [6, 6.07) is 1.98. The highest BCUT2D eigenvalue weighted by Gasteiger charge is 2.41. The second kappa shape index (κ2) is 5.02. The van der Waals surface area contributed by atoms with Crippen LogP contribution in [0.4, 0.5) is 27.8 Å². The van der Waals surface area contributed by atoms with E-state index < -0.39 is 28.7 Å². The topological polar surface area (TPSA) is 16.1 Å². The Morgan fingerprint density at radius 1 is 1.35 bits per heavy atom.